The number of para-hydroxylation sites is 1. The first-order valence-electron chi connectivity index (χ1n) is 5.48. The molecule has 2 nitrogen and oxygen atoms in total. The van der Waals surface area contributed by atoms with Crippen LogP contribution in [0.15, 0.2) is 46.9 Å². The minimum absolute atomic E-state index is 0.504. The Labute approximate surface area is 119 Å². The van der Waals surface area contributed by atoms with Crippen LogP contribution >= 0.6 is 27.5 Å². The lowest BCUT2D eigenvalue weighted by Crippen LogP contribution is -1.92. The fourth-order valence-electron chi connectivity index (χ4n) is 1.51. The van der Waals surface area contributed by atoms with Crippen LogP contribution in [-0.2, 0) is 0 Å². The molecule has 4 heteroatoms. The molecule has 1 N–H and O–H groups in total. The maximum Gasteiger partial charge on any atom is 0.146 e. The first kappa shape index (κ1) is 13.4. The molecule has 0 saturated heterocycles. The van der Waals surface area contributed by atoms with Crippen molar-refractivity contribution in [1.29, 1.82) is 0 Å². The molecule has 18 heavy (non-hydrogen) atoms. The van der Waals surface area contributed by atoms with Gasteiger partial charge < -0.3 is 9.84 Å². The molecule has 0 aliphatic carbocycles. The highest BCUT2D eigenvalue weighted by Gasteiger charge is 2.08. The molecule has 2 rings (SSSR count). The molecule has 1 atom stereocenters. The number of benzene rings is 2. The van der Waals surface area contributed by atoms with Gasteiger partial charge in [0, 0.05) is 0 Å². The average Bonchev–Trinajstić information content (AvgIpc) is 2.34. The van der Waals surface area contributed by atoms with Gasteiger partial charge in [-0.15, -0.1) is 0 Å². The van der Waals surface area contributed by atoms with Crippen molar-refractivity contribution < 1.29 is 9.84 Å². The molecule has 2 aromatic rings. The summed E-state index contributed by atoms with van der Waals surface area (Å²) < 4.78 is 6.49. The summed E-state index contributed by atoms with van der Waals surface area (Å²) in [5.41, 5.74) is 0.827. The van der Waals surface area contributed by atoms with Gasteiger partial charge in [0.25, 0.3) is 0 Å². The van der Waals surface area contributed by atoms with Gasteiger partial charge in [0.2, 0.25) is 0 Å². The second-order valence-electron chi connectivity index (χ2n) is 3.90. The molecule has 0 bridgehead atoms. The summed E-state index contributed by atoms with van der Waals surface area (Å²) in [6, 6.07) is 12.7. The molecule has 94 valence electrons. The summed E-state index contributed by atoms with van der Waals surface area (Å²) in [5, 5.41) is 10.0. The standard InChI is InChI=1S/C14H12BrClO2/c1-9(17)10-6-7-13(11(15)8-10)18-14-5-3-2-4-12(14)16/h2-9,17H,1H3/t9-/m0/s1. The van der Waals surface area contributed by atoms with Gasteiger partial charge in [0.15, 0.2) is 0 Å². The zero-order chi connectivity index (χ0) is 13.1. The number of halogens is 2. The van der Waals surface area contributed by atoms with Gasteiger partial charge in [-0.2, -0.15) is 0 Å². The van der Waals surface area contributed by atoms with Crippen LogP contribution < -0.4 is 4.74 Å². The molecule has 0 aliphatic heterocycles. The second-order valence-corrected chi connectivity index (χ2v) is 5.16. The Morgan fingerprint density at radius 3 is 2.50 bits per heavy atom. The van der Waals surface area contributed by atoms with Crippen molar-refractivity contribution in [1.82, 2.24) is 0 Å². The largest absolute Gasteiger partial charge is 0.455 e. The van der Waals surface area contributed by atoms with Gasteiger partial charge in [-0.05, 0) is 52.7 Å². The third-order valence-corrected chi connectivity index (χ3v) is 3.43. The van der Waals surface area contributed by atoms with Gasteiger partial charge in [-0.3, -0.25) is 0 Å². The minimum Gasteiger partial charge on any atom is -0.455 e. The highest BCUT2D eigenvalue weighted by atomic mass is 79.9. The van der Waals surface area contributed by atoms with Gasteiger partial charge >= 0.3 is 0 Å². The molecule has 0 fully saturated rings. The minimum atomic E-state index is -0.504. The van der Waals surface area contributed by atoms with Crippen molar-refractivity contribution in [3.8, 4) is 11.5 Å². The highest BCUT2D eigenvalue weighted by Crippen LogP contribution is 2.34. The number of ether oxygens (including phenoxy) is 1. The van der Waals surface area contributed by atoms with E-state index in [1.165, 1.54) is 0 Å². The third kappa shape index (κ3) is 3.05. The van der Waals surface area contributed by atoms with E-state index in [1.54, 1.807) is 25.1 Å². The number of rotatable bonds is 3. The van der Waals surface area contributed by atoms with E-state index in [2.05, 4.69) is 15.9 Å². The molecule has 2 aromatic carbocycles. The normalized spacial score (nSPS) is 12.2. The van der Waals surface area contributed by atoms with Crippen LogP contribution in [-0.4, -0.2) is 5.11 Å². The SMILES string of the molecule is C[C@H](O)c1ccc(Oc2ccccc2Cl)c(Br)c1. The van der Waals surface area contributed by atoms with Crippen LogP contribution in [0.1, 0.15) is 18.6 Å². The summed E-state index contributed by atoms with van der Waals surface area (Å²) in [6.07, 6.45) is -0.504. The van der Waals surface area contributed by atoms with E-state index in [0.717, 1.165) is 10.0 Å². The molecule has 0 aromatic heterocycles. The van der Waals surface area contributed by atoms with E-state index in [4.69, 9.17) is 16.3 Å². The molecule has 0 radical (unpaired) electrons. The van der Waals surface area contributed by atoms with Crippen LogP contribution in [0, 0.1) is 0 Å². The van der Waals surface area contributed by atoms with E-state index in [-0.39, 0.29) is 0 Å². The predicted molar refractivity (Wildman–Crippen MR) is 76.3 cm³/mol. The summed E-state index contributed by atoms with van der Waals surface area (Å²) in [5.74, 6) is 1.26. The van der Waals surface area contributed by atoms with Crippen molar-refractivity contribution in [3.63, 3.8) is 0 Å². The first-order chi connectivity index (χ1) is 8.58. The molecular formula is C14H12BrClO2. The molecular weight excluding hydrogens is 316 g/mol. The average molecular weight is 328 g/mol. The van der Waals surface area contributed by atoms with Gasteiger partial charge in [-0.1, -0.05) is 29.8 Å². The zero-order valence-electron chi connectivity index (χ0n) is 9.73. The Bertz CT molecular complexity index is 555. The van der Waals surface area contributed by atoms with Gasteiger partial charge in [0.1, 0.15) is 11.5 Å². The number of hydrogen-bond acceptors (Lipinski definition) is 2. The molecule has 0 spiro atoms. The van der Waals surface area contributed by atoms with Crippen LogP contribution in [0.5, 0.6) is 11.5 Å². The van der Waals surface area contributed by atoms with Crippen molar-refractivity contribution >= 4 is 27.5 Å². The van der Waals surface area contributed by atoms with Crippen molar-refractivity contribution in [2.24, 2.45) is 0 Å². The fourth-order valence-corrected chi connectivity index (χ4v) is 2.16. The van der Waals surface area contributed by atoms with Gasteiger partial charge in [0.05, 0.1) is 15.6 Å². The smallest absolute Gasteiger partial charge is 0.146 e. The summed E-state index contributed by atoms with van der Waals surface area (Å²) in [4.78, 5) is 0. The Morgan fingerprint density at radius 2 is 1.89 bits per heavy atom. The Balaban J connectivity index is 2.28. The maximum absolute atomic E-state index is 9.49. The number of hydrogen-bond donors (Lipinski definition) is 1. The van der Waals surface area contributed by atoms with Crippen molar-refractivity contribution in [2.75, 3.05) is 0 Å². The van der Waals surface area contributed by atoms with E-state index < -0.39 is 6.10 Å². The van der Waals surface area contributed by atoms with Gasteiger partial charge in [-0.25, -0.2) is 0 Å². The summed E-state index contributed by atoms with van der Waals surface area (Å²) >= 11 is 9.45. The summed E-state index contributed by atoms with van der Waals surface area (Å²) in [6.45, 7) is 1.72. The first-order valence-corrected chi connectivity index (χ1v) is 6.65. The van der Waals surface area contributed by atoms with Crippen molar-refractivity contribution in [3.05, 3.63) is 57.5 Å². The lowest BCUT2D eigenvalue weighted by molar-refractivity contribution is 0.199. The Morgan fingerprint density at radius 1 is 1.17 bits per heavy atom. The van der Waals surface area contributed by atoms with Crippen LogP contribution in [0.25, 0.3) is 0 Å². The van der Waals surface area contributed by atoms with E-state index in [9.17, 15) is 5.11 Å². The third-order valence-electron chi connectivity index (χ3n) is 2.49. The molecule has 0 unspecified atom stereocenters. The monoisotopic (exact) mass is 326 g/mol. The van der Waals surface area contributed by atoms with Crippen LogP contribution in [0.4, 0.5) is 0 Å². The lowest BCUT2D eigenvalue weighted by Gasteiger charge is -2.11. The van der Waals surface area contributed by atoms with Crippen LogP contribution in [0.3, 0.4) is 0 Å². The second kappa shape index (κ2) is 5.74. The summed E-state index contributed by atoms with van der Waals surface area (Å²) in [7, 11) is 0. The molecule has 0 saturated carbocycles. The molecule has 0 amide bonds. The zero-order valence-corrected chi connectivity index (χ0v) is 12.1. The topological polar surface area (TPSA) is 29.5 Å². The van der Waals surface area contributed by atoms with E-state index in [0.29, 0.717) is 16.5 Å². The van der Waals surface area contributed by atoms with E-state index >= 15 is 0 Å². The Kier molecular flexibility index (Phi) is 4.27. The maximum atomic E-state index is 9.49. The Hall–Kier alpha value is -1.03. The predicted octanol–water partition coefficient (Wildman–Crippen LogP) is 4.95. The lowest BCUT2D eigenvalue weighted by atomic mass is 10.1. The number of aliphatic hydroxyl groups excluding tert-OH is 1. The fraction of sp³-hybridized carbons (Fsp3) is 0.143. The van der Waals surface area contributed by atoms with Crippen LogP contribution in [0.2, 0.25) is 5.02 Å². The molecule has 0 aliphatic rings. The quantitative estimate of drug-likeness (QED) is 0.864. The van der Waals surface area contributed by atoms with E-state index in [1.807, 2.05) is 24.3 Å². The number of aliphatic hydroxyl groups is 1. The highest BCUT2D eigenvalue weighted by molar-refractivity contribution is 9.10. The molecule has 0 heterocycles. The van der Waals surface area contributed by atoms with Crippen molar-refractivity contribution in [2.45, 2.75) is 13.0 Å².